The number of carbonyl (C=O) groups excluding carboxylic acids is 1. The zero-order chi connectivity index (χ0) is 22.7. The number of halogens is 1. The van der Waals surface area contributed by atoms with Crippen molar-refractivity contribution < 1.29 is 14.7 Å². The third kappa shape index (κ3) is 2.80. The lowest BCUT2D eigenvalue weighted by Gasteiger charge is -2.27. The second kappa shape index (κ2) is 6.54. The van der Waals surface area contributed by atoms with Crippen LogP contribution in [0.4, 0.5) is 10.2 Å². The van der Waals surface area contributed by atoms with E-state index in [1.165, 1.54) is 16.8 Å². The van der Waals surface area contributed by atoms with E-state index in [-0.39, 0.29) is 30.1 Å². The van der Waals surface area contributed by atoms with E-state index < -0.39 is 24.6 Å². The summed E-state index contributed by atoms with van der Waals surface area (Å²) < 4.78 is 48.0. The average molecular weight is 384 g/mol. The Kier molecular flexibility index (Phi) is 3.08. The van der Waals surface area contributed by atoms with Crippen molar-refractivity contribution in [2.45, 2.75) is 44.6 Å². The van der Waals surface area contributed by atoms with Crippen LogP contribution in [0, 0.1) is 5.82 Å². The Hall–Kier alpha value is -3.03. The fourth-order valence-corrected chi connectivity index (χ4v) is 4.03. The number of nitrogens with zero attached hydrogens (tertiary/aromatic N) is 5. The largest absolute Gasteiger partial charge is 0.349 e. The third-order valence-corrected chi connectivity index (χ3v) is 5.35. The number of pyridine rings is 1. The molecule has 2 aliphatic rings. The molecule has 2 bridgehead atoms. The maximum atomic E-state index is 14.2. The molecule has 5 rings (SSSR count). The summed E-state index contributed by atoms with van der Waals surface area (Å²) in [6.45, 7) is -2.11. The highest BCUT2D eigenvalue weighted by atomic mass is 19.1. The molecule has 1 N–H and O–H groups in total. The zero-order valence-corrected chi connectivity index (χ0v) is 15.0. The Morgan fingerprint density at radius 3 is 3.21 bits per heavy atom. The van der Waals surface area contributed by atoms with Gasteiger partial charge in [0.2, 0.25) is 0 Å². The van der Waals surface area contributed by atoms with Gasteiger partial charge in [-0.1, -0.05) is 0 Å². The monoisotopic (exact) mass is 384 g/mol. The predicted octanol–water partition coefficient (Wildman–Crippen LogP) is 2.67. The van der Waals surface area contributed by atoms with Crippen LogP contribution in [0.5, 0.6) is 0 Å². The maximum absolute atomic E-state index is 14.2. The number of rotatable bonds is 0. The van der Waals surface area contributed by atoms with Crippen LogP contribution in [0.15, 0.2) is 30.7 Å². The van der Waals surface area contributed by atoms with Crippen LogP contribution in [0.1, 0.15) is 59.3 Å². The summed E-state index contributed by atoms with van der Waals surface area (Å²) in [5.74, 6) is -0.611. The number of amides is 1. The van der Waals surface area contributed by atoms with E-state index in [1.54, 1.807) is 12.3 Å². The molecule has 7 nitrogen and oxygen atoms in total. The van der Waals surface area contributed by atoms with Crippen LogP contribution in [0.25, 0.3) is 5.65 Å². The van der Waals surface area contributed by atoms with E-state index in [0.717, 1.165) is 19.0 Å². The molecule has 0 aliphatic carbocycles. The van der Waals surface area contributed by atoms with Crippen LogP contribution in [-0.2, 0) is 6.42 Å². The summed E-state index contributed by atoms with van der Waals surface area (Å²) in [7, 11) is 0. The molecule has 0 unspecified atom stereocenters. The first-order valence-electron chi connectivity index (χ1n) is 11.2. The molecule has 8 heteroatoms. The first-order valence-corrected chi connectivity index (χ1v) is 9.24. The number of anilines is 1. The Morgan fingerprint density at radius 2 is 2.32 bits per heavy atom. The van der Waals surface area contributed by atoms with Crippen molar-refractivity contribution in [3.05, 3.63) is 53.4 Å². The molecule has 3 aromatic rings. The van der Waals surface area contributed by atoms with Gasteiger partial charge in [0, 0.05) is 28.6 Å². The Morgan fingerprint density at radius 1 is 1.39 bits per heavy atom. The molecule has 2 atom stereocenters. The van der Waals surface area contributed by atoms with E-state index in [1.807, 2.05) is 4.90 Å². The highest BCUT2D eigenvalue weighted by molar-refractivity contribution is 5.99. The minimum atomic E-state index is -2.80. The van der Waals surface area contributed by atoms with Gasteiger partial charge in [-0.25, -0.2) is 13.9 Å². The van der Waals surface area contributed by atoms with Gasteiger partial charge in [0.1, 0.15) is 17.2 Å². The molecule has 0 aromatic carbocycles. The summed E-state index contributed by atoms with van der Waals surface area (Å²) in [5.41, 5.74) is 1.51. The molecule has 1 fully saturated rings. The molecule has 1 saturated heterocycles. The Labute approximate surface area is 167 Å². The third-order valence-electron chi connectivity index (χ3n) is 5.35. The van der Waals surface area contributed by atoms with Gasteiger partial charge in [-0.3, -0.25) is 9.78 Å². The summed E-state index contributed by atoms with van der Waals surface area (Å²) in [6, 6.07) is 0.732. The fraction of sp³-hybridized carbons (Fsp3) is 0.400. The van der Waals surface area contributed by atoms with Crippen LogP contribution >= 0.6 is 0 Å². The van der Waals surface area contributed by atoms with Gasteiger partial charge in [0.25, 0.3) is 5.91 Å². The second-order valence-electron chi connectivity index (χ2n) is 7.09. The van der Waals surface area contributed by atoms with E-state index in [0.29, 0.717) is 23.6 Å². The lowest BCUT2D eigenvalue weighted by Crippen LogP contribution is -2.33. The predicted molar refractivity (Wildman–Crippen MR) is 102 cm³/mol. The molecule has 0 radical (unpaired) electrons. The summed E-state index contributed by atoms with van der Waals surface area (Å²) in [5, 5.41) is 6.52. The zero-order valence-electron chi connectivity index (χ0n) is 19.0. The average Bonchev–Trinajstić information content (AvgIpc) is 3.38. The molecule has 1 amide bonds. The van der Waals surface area contributed by atoms with E-state index in [2.05, 4.69) is 20.4 Å². The van der Waals surface area contributed by atoms with Crippen LogP contribution in [-0.4, -0.2) is 38.1 Å². The number of aryl methyl sites for hydroxylation is 1. The minimum Gasteiger partial charge on any atom is -0.349 e. The normalized spacial score (nSPS) is 27.4. The molecule has 2 aliphatic heterocycles. The van der Waals surface area contributed by atoms with Gasteiger partial charge < -0.3 is 10.2 Å². The smallest absolute Gasteiger partial charge is 0.256 e. The molecular weight excluding hydrogens is 359 g/mol. The fourth-order valence-electron chi connectivity index (χ4n) is 4.03. The van der Waals surface area contributed by atoms with Crippen molar-refractivity contribution in [1.29, 1.82) is 0 Å². The number of nitrogens with one attached hydrogen (secondary N) is 1. The Bertz CT molecular complexity index is 1210. The number of fused-ring (bicyclic) bond motifs is 5. The van der Waals surface area contributed by atoms with E-state index in [9.17, 15) is 9.18 Å². The van der Waals surface area contributed by atoms with Crippen molar-refractivity contribution in [2.24, 2.45) is 0 Å². The summed E-state index contributed by atoms with van der Waals surface area (Å²) >= 11 is 0. The molecule has 0 saturated carbocycles. The van der Waals surface area contributed by atoms with Gasteiger partial charge >= 0.3 is 0 Å². The van der Waals surface area contributed by atoms with Crippen LogP contribution < -0.4 is 10.2 Å². The highest BCUT2D eigenvalue weighted by Crippen LogP contribution is 2.37. The van der Waals surface area contributed by atoms with Crippen molar-refractivity contribution >= 4 is 17.4 Å². The summed E-state index contributed by atoms with van der Waals surface area (Å²) in [6.07, 6.45) is 5.56. The van der Waals surface area contributed by atoms with Gasteiger partial charge in [0.15, 0.2) is 5.65 Å². The summed E-state index contributed by atoms with van der Waals surface area (Å²) in [4.78, 5) is 23.9. The standard InChI is InChI=1S/C20H21FN6O/c1-12-4-5-16-14(9-13(21)10-22-16)17-3-2-7-26(17)18-6-8-27-19(25-18)15(11-23-27)20(28)24-12/h6,8-12,17H,2-5,7H2,1H3,(H,24,28)/t12-,17+/m1/s1/i1D3,12D. The first kappa shape index (κ1) is 13.2. The second-order valence-corrected chi connectivity index (χ2v) is 7.09. The molecule has 0 spiro atoms. The minimum absolute atomic E-state index is 0.0874. The van der Waals surface area contributed by atoms with Gasteiger partial charge in [-0.2, -0.15) is 5.10 Å². The SMILES string of the molecule is [2H]C([2H])([2H])[C@]1([2H])CCc2ncc(F)cc2[C@@H]2CCCN2c2ccn3ncc(c3n2)C(=O)N1. The van der Waals surface area contributed by atoms with Crippen LogP contribution in [0.2, 0.25) is 0 Å². The van der Waals surface area contributed by atoms with Gasteiger partial charge in [-0.05, 0) is 50.2 Å². The quantitative estimate of drug-likeness (QED) is 0.645. The first-order chi connectivity index (χ1) is 15.2. The van der Waals surface area contributed by atoms with Gasteiger partial charge in [0.05, 0.1) is 19.8 Å². The van der Waals surface area contributed by atoms with Gasteiger partial charge in [-0.15, -0.1) is 0 Å². The molecular formula is C20H21FN6O. The number of carbonyl (C=O) groups is 1. The van der Waals surface area contributed by atoms with Crippen LogP contribution in [0.3, 0.4) is 0 Å². The topological polar surface area (TPSA) is 75.4 Å². The highest BCUT2D eigenvalue weighted by Gasteiger charge is 2.31. The molecule has 3 aromatic heterocycles. The lowest BCUT2D eigenvalue weighted by molar-refractivity contribution is 0.0940. The van der Waals surface area contributed by atoms with Crippen molar-refractivity contribution in [2.75, 3.05) is 11.4 Å². The molecule has 144 valence electrons. The number of hydrogen-bond donors (Lipinski definition) is 1. The number of hydrogen-bond acceptors (Lipinski definition) is 5. The maximum Gasteiger partial charge on any atom is 0.256 e. The molecule has 5 heterocycles. The van der Waals surface area contributed by atoms with Crippen molar-refractivity contribution in [3.63, 3.8) is 0 Å². The molecule has 28 heavy (non-hydrogen) atoms. The Balaban J connectivity index is 1.72. The van der Waals surface area contributed by atoms with Crippen molar-refractivity contribution in [3.8, 4) is 0 Å². The van der Waals surface area contributed by atoms with E-state index in [4.69, 9.17) is 5.48 Å². The number of aromatic nitrogens is 4. The lowest BCUT2D eigenvalue weighted by atomic mass is 9.98. The van der Waals surface area contributed by atoms with Crippen molar-refractivity contribution in [1.82, 2.24) is 24.9 Å². The van der Waals surface area contributed by atoms with E-state index >= 15 is 0 Å².